The highest BCUT2D eigenvalue weighted by molar-refractivity contribution is 7.13. The van der Waals surface area contributed by atoms with E-state index in [9.17, 15) is 0 Å². The van der Waals surface area contributed by atoms with Gasteiger partial charge in [-0.2, -0.15) is 0 Å². The van der Waals surface area contributed by atoms with Gasteiger partial charge in [0, 0.05) is 18.3 Å². The number of anilines is 1. The second kappa shape index (κ2) is 4.61. The van der Waals surface area contributed by atoms with E-state index in [2.05, 4.69) is 22.2 Å². The molecule has 0 unspecified atom stereocenters. The number of hydrogen-bond donors (Lipinski definition) is 1. The summed E-state index contributed by atoms with van der Waals surface area (Å²) in [5.41, 5.74) is 2.26. The van der Waals surface area contributed by atoms with Crippen LogP contribution in [-0.2, 0) is 6.42 Å². The molecule has 0 atom stereocenters. The monoisotopic (exact) mass is 233 g/mol. The lowest BCUT2D eigenvalue weighted by Gasteiger charge is -2.10. The zero-order chi connectivity index (χ0) is 11.5. The Kier molecular flexibility index (Phi) is 3.19. The van der Waals surface area contributed by atoms with Gasteiger partial charge in [-0.05, 0) is 24.8 Å². The first-order valence-corrected chi connectivity index (χ1v) is 6.23. The second-order valence-electron chi connectivity index (χ2n) is 3.54. The Bertz CT molecular complexity index is 477. The molecule has 0 spiro atoms. The van der Waals surface area contributed by atoms with E-state index in [4.69, 9.17) is 0 Å². The first-order chi connectivity index (χ1) is 7.76. The largest absolute Gasteiger partial charge is 0.373 e. The summed E-state index contributed by atoms with van der Waals surface area (Å²) < 4.78 is 0. The molecule has 2 heterocycles. The molecule has 3 nitrogen and oxygen atoms in total. The number of aryl methyl sites for hydroxylation is 1. The number of nitrogens with one attached hydrogen (secondary N) is 1. The van der Waals surface area contributed by atoms with Crippen molar-refractivity contribution in [2.45, 2.75) is 20.3 Å². The van der Waals surface area contributed by atoms with Crippen LogP contribution in [0.5, 0.6) is 0 Å². The molecule has 0 radical (unpaired) electrons. The van der Waals surface area contributed by atoms with Gasteiger partial charge in [-0.3, -0.25) is 0 Å². The summed E-state index contributed by atoms with van der Waals surface area (Å²) >= 11 is 1.66. The highest BCUT2D eigenvalue weighted by Crippen LogP contribution is 2.25. The van der Waals surface area contributed by atoms with Gasteiger partial charge in [0.2, 0.25) is 0 Å². The van der Waals surface area contributed by atoms with Gasteiger partial charge in [-0.25, -0.2) is 9.97 Å². The summed E-state index contributed by atoms with van der Waals surface area (Å²) in [5.74, 6) is 1.76. The first kappa shape index (κ1) is 11.1. The Hall–Kier alpha value is -1.42. The van der Waals surface area contributed by atoms with Gasteiger partial charge in [0.05, 0.1) is 4.88 Å². The minimum atomic E-state index is 0.814. The molecule has 0 fully saturated rings. The van der Waals surface area contributed by atoms with Crippen LogP contribution in [0.15, 0.2) is 17.5 Å². The number of rotatable bonds is 3. The van der Waals surface area contributed by atoms with Gasteiger partial charge in [0.1, 0.15) is 5.82 Å². The van der Waals surface area contributed by atoms with Crippen molar-refractivity contribution < 1.29 is 0 Å². The van der Waals surface area contributed by atoms with Gasteiger partial charge in [0.25, 0.3) is 0 Å². The van der Waals surface area contributed by atoms with Crippen molar-refractivity contribution in [3.63, 3.8) is 0 Å². The molecule has 4 heteroatoms. The van der Waals surface area contributed by atoms with Gasteiger partial charge in [0.15, 0.2) is 5.82 Å². The first-order valence-electron chi connectivity index (χ1n) is 5.35. The number of aromatic nitrogens is 2. The van der Waals surface area contributed by atoms with E-state index >= 15 is 0 Å². The highest BCUT2D eigenvalue weighted by atomic mass is 32.1. The SMILES string of the molecule is CCc1c(C)nc(-c2cccs2)nc1NC. The quantitative estimate of drug-likeness (QED) is 0.885. The van der Waals surface area contributed by atoms with E-state index in [0.29, 0.717) is 0 Å². The van der Waals surface area contributed by atoms with Crippen molar-refractivity contribution in [3.05, 3.63) is 28.8 Å². The third-order valence-corrected chi connectivity index (χ3v) is 3.41. The van der Waals surface area contributed by atoms with Crippen LogP contribution in [-0.4, -0.2) is 17.0 Å². The Morgan fingerprint density at radius 3 is 2.75 bits per heavy atom. The third kappa shape index (κ3) is 1.93. The zero-order valence-corrected chi connectivity index (χ0v) is 10.6. The van der Waals surface area contributed by atoms with Crippen molar-refractivity contribution in [3.8, 4) is 10.7 Å². The van der Waals surface area contributed by atoms with Gasteiger partial charge in [-0.15, -0.1) is 11.3 Å². The molecule has 0 aliphatic heterocycles. The number of thiophene rings is 1. The van der Waals surface area contributed by atoms with Crippen LogP contribution in [0.25, 0.3) is 10.7 Å². The summed E-state index contributed by atoms with van der Waals surface area (Å²) in [6, 6.07) is 4.07. The van der Waals surface area contributed by atoms with Crippen molar-refractivity contribution >= 4 is 17.2 Å². The van der Waals surface area contributed by atoms with Crippen molar-refractivity contribution in [1.29, 1.82) is 0 Å². The van der Waals surface area contributed by atoms with Crippen LogP contribution >= 0.6 is 11.3 Å². The molecule has 0 aliphatic carbocycles. The molecular formula is C12H15N3S. The molecule has 16 heavy (non-hydrogen) atoms. The van der Waals surface area contributed by atoms with E-state index in [-0.39, 0.29) is 0 Å². The smallest absolute Gasteiger partial charge is 0.171 e. The molecular weight excluding hydrogens is 218 g/mol. The minimum absolute atomic E-state index is 0.814. The van der Waals surface area contributed by atoms with Gasteiger partial charge in [-0.1, -0.05) is 13.0 Å². The summed E-state index contributed by atoms with van der Waals surface area (Å²) in [6.45, 7) is 4.16. The number of nitrogens with zero attached hydrogens (tertiary/aromatic N) is 2. The molecule has 0 bridgehead atoms. The molecule has 2 rings (SSSR count). The maximum absolute atomic E-state index is 4.55. The summed E-state index contributed by atoms with van der Waals surface area (Å²) in [4.78, 5) is 10.2. The molecule has 2 aromatic rings. The van der Waals surface area contributed by atoms with E-state index in [1.165, 1.54) is 5.56 Å². The fourth-order valence-corrected chi connectivity index (χ4v) is 2.40. The fraction of sp³-hybridized carbons (Fsp3) is 0.333. The van der Waals surface area contributed by atoms with Crippen LogP contribution in [0, 0.1) is 6.92 Å². The lowest BCUT2D eigenvalue weighted by molar-refractivity contribution is 1.00. The molecule has 0 saturated carbocycles. The summed E-state index contributed by atoms with van der Waals surface area (Å²) in [5, 5.41) is 5.19. The van der Waals surface area contributed by atoms with Crippen LogP contribution in [0.1, 0.15) is 18.2 Å². The lowest BCUT2D eigenvalue weighted by Crippen LogP contribution is -2.04. The second-order valence-corrected chi connectivity index (χ2v) is 4.49. The average molecular weight is 233 g/mol. The fourth-order valence-electron chi connectivity index (χ4n) is 1.74. The Morgan fingerprint density at radius 2 is 2.19 bits per heavy atom. The third-order valence-electron chi connectivity index (χ3n) is 2.55. The Labute approximate surface area is 99.6 Å². The Morgan fingerprint density at radius 1 is 1.38 bits per heavy atom. The highest BCUT2D eigenvalue weighted by Gasteiger charge is 2.10. The van der Waals surface area contributed by atoms with Crippen molar-refractivity contribution in [2.75, 3.05) is 12.4 Å². The van der Waals surface area contributed by atoms with Gasteiger partial charge < -0.3 is 5.32 Å². The van der Waals surface area contributed by atoms with E-state index < -0.39 is 0 Å². The predicted octanol–water partition coefficient (Wildman–Crippen LogP) is 3.12. The van der Waals surface area contributed by atoms with Crippen LogP contribution in [0.2, 0.25) is 0 Å². The molecule has 0 amide bonds. The average Bonchev–Trinajstić information content (AvgIpc) is 2.81. The van der Waals surface area contributed by atoms with Crippen LogP contribution < -0.4 is 5.32 Å². The topological polar surface area (TPSA) is 37.8 Å². The van der Waals surface area contributed by atoms with Crippen molar-refractivity contribution in [2.24, 2.45) is 0 Å². The maximum atomic E-state index is 4.55. The molecule has 1 N–H and O–H groups in total. The molecule has 84 valence electrons. The minimum Gasteiger partial charge on any atom is -0.373 e. The van der Waals surface area contributed by atoms with Gasteiger partial charge >= 0.3 is 0 Å². The molecule has 0 aromatic carbocycles. The standard InChI is InChI=1S/C12H15N3S/c1-4-9-8(2)14-12(15-11(9)13-3)10-6-5-7-16-10/h5-7H,4H2,1-3H3,(H,13,14,15). The maximum Gasteiger partial charge on any atom is 0.171 e. The summed E-state index contributed by atoms with van der Waals surface area (Å²) in [6.07, 6.45) is 0.951. The van der Waals surface area contributed by atoms with E-state index in [0.717, 1.165) is 28.6 Å². The predicted molar refractivity (Wildman–Crippen MR) is 69.0 cm³/mol. The van der Waals surface area contributed by atoms with Crippen LogP contribution in [0.4, 0.5) is 5.82 Å². The molecule has 0 aliphatic rings. The van der Waals surface area contributed by atoms with E-state index in [1.807, 2.05) is 31.5 Å². The molecule has 0 saturated heterocycles. The zero-order valence-electron chi connectivity index (χ0n) is 9.74. The summed E-state index contributed by atoms with van der Waals surface area (Å²) in [7, 11) is 1.90. The lowest BCUT2D eigenvalue weighted by atomic mass is 10.1. The van der Waals surface area contributed by atoms with E-state index in [1.54, 1.807) is 11.3 Å². The normalized spacial score (nSPS) is 10.4. The number of hydrogen-bond acceptors (Lipinski definition) is 4. The van der Waals surface area contributed by atoms with Crippen molar-refractivity contribution in [1.82, 2.24) is 9.97 Å². The molecule has 2 aromatic heterocycles. The Balaban J connectivity index is 2.54. The van der Waals surface area contributed by atoms with Crippen LogP contribution in [0.3, 0.4) is 0 Å².